The van der Waals surface area contributed by atoms with Gasteiger partial charge in [-0.3, -0.25) is 10.1 Å². The normalized spacial score (nSPS) is 9.91. The third-order valence-corrected chi connectivity index (χ3v) is 3.73. The van der Waals surface area contributed by atoms with Gasteiger partial charge in [-0.1, -0.05) is 12.1 Å². The number of halogens is 1. The Morgan fingerprint density at radius 3 is 2.36 bits per heavy atom. The van der Waals surface area contributed by atoms with Crippen LogP contribution in [0.3, 0.4) is 0 Å². The molecule has 2 rings (SSSR count). The molecule has 6 heteroatoms. The lowest BCUT2D eigenvalue weighted by molar-refractivity contribution is 0.102. The van der Waals surface area contributed by atoms with Crippen molar-refractivity contribution in [1.29, 1.82) is 0 Å². The zero-order chi connectivity index (χ0) is 15.9. The van der Waals surface area contributed by atoms with Gasteiger partial charge in [0.1, 0.15) is 0 Å². The van der Waals surface area contributed by atoms with Crippen LogP contribution in [-0.4, -0.2) is 18.6 Å². The molecule has 0 atom stereocenters. The summed E-state index contributed by atoms with van der Waals surface area (Å²) in [6.45, 7) is 2.04. The minimum Gasteiger partial charge on any atom is -0.450 e. The van der Waals surface area contributed by atoms with Gasteiger partial charge < -0.3 is 10.1 Å². The van der Waals surface area contributed by atoms with E-state index < -0.39 is 6.09 Å². The van der Waals surface area contributed by atoms with E-state index in [2.05, 4.69) is 33.2 Å². The highest BCUT2D eigenvalue weighted by atomic mass is 127. The van der Waals surface area contributed by atoms with Gasteiger partial charge in [-0.15, -0.1) is 0 Å². The number of amides is 2. The van der Waals surface area contributed by atoms with Crippen LogP contribution in [0.5, 0.6) is 0 Å². The smallest absolute Gasteiger partial charge is 0.411 e. The molecular weight excluding hydrogens is 395 g/mol. The van der Waals surface area contributed by atoms with Crippen molar-refractivity contribution in [2.75, 3.05) is 17.2 Å². The summed E-state index contributed by atoms with van der Waals surface area (Å²) < 4.78 is 5.75. The lowest BCUT2D eigenvalue weighted by Crippen LogP contribution is -2.14. The number of nitrogens with one attached hydrogen (secondary N) is 2. The van der Waals surface area contributed by atoms with Crippen molar-refractivity contribution in [2.45, 2.75) is 6.92 Å². The lowest BCUT2D eigenvalue weighted by atomic mass is 10.2. The summed E-state index contributed by atoms with van der Waals surface area (Å²) in [7, 11) is 0. The van der Waals surface area contributed by atoms with Gasteiger partial charge in [0.2, 0.25) is 0 Å². The fraction of sp³-hybridized carbons (Fsp3) is 0.125. The number of rotatable bonds is 4. The second-order valence-electron chi connectivity index (χ2n) is 4.36. The number of carbonyl (C=O) groups excluding carboxylic acids is 2. The molecule has 114 valence electrons. The summed E-state index contributed by atoms with van der Waals surface area (Å²) >= 11 is 2.16. The average Bonchev–Trinajstić information content (AvgIpc) is 2.50. The van der Waals surface area contributed by atoms with Crippen molar-refractivity contribution < 1.29 is 14.3 Å². The second-order valence-corrected chi connectivity index (χ2v) is 5.52. The molecule has 0 bridgehead atoms. The first kappa shape index (κ1) is 16.3. The summed E-state index contributed by atoms with van der Waals surface area (Å²) in [5.74, 6) is -0.202. The van der Waals surface area contributed by atoms with E-state index in [1.54, 1.807) is 31.2 Å². The van der Waals surface area contributed by atoms with Crippen molar-refractivity contribution in [2.24, 2.45) is 0 Å². The molecular formula is C16H15IN2O3. The van der Waals surface area contributed by atoms with Gasteiger partial charge in [0.25, 0.3) is 5.91 Å². The molecule has 0 saturated heterocycles. The van der Waals surface area contributed by atoms with Gasteiger partial charge in [0.05, 0.1) is 12.3 Å². The maximum absolute atomic E-state index is 12.2. The number of hydrogen-bond acceptors (Lipinski definition) is 3. The molecule has 0 saturated carbocycles. The maximum Gasteiger partial charge on any atom is 0.411 e. The number of hydrogen-bond donors (Lipinski definition) is 2. The van der Waals surface area contributed by atoms with Gasteiger partial charge in [0.15, 0.2) is 0 Å². The van der Waals surface area contributed by atoms with Gasteiger partial charge >= 0.3 is 6.09 Å². The standard InChI is InChI=1S/C16H15IN2O3/c1-2-22-16(21)18-12-9-7-11(8-10-12)15(20)19-14-6-4-3-5-13(14)17/h3-10H,2H2,1H3,(H,18,21)(H,19,20). The molecule has 2 N–H and O–H groups in total. The molecule has 0 aliphatic carbocycles. The van der Waals surface area contributed by atoms with Crippen molar-refractivity contribution in [3.8, 4) is 0 Å². The highest BCUT2D eigenvalue weighted by Gasteiger charge is 2.08. The molecule has 22 heavy (non-hydrogen) atoms. The molecule has 0 aliphatic rings. The number of benzene rings is 2. The summed E-state index contributed by atoms with van der Waals surface area (Å²) in [4.78, 5) is 23.5. The molecule has 2 aromatic rings. The van der Waals surface area contributed by atoms with Crippen LogP contribution in [0.15, 0.2) is 48.5 Å². The molecule has 0 heterocycles. The van der Waals surface area contributed by atoms with Gasteiger partial charge in [-0.2, -0.15) is 0 Å². The quantitative estimate of drug-likeness (QED) is 0.746. The van der Waals surface area contributed by atoms with Crippen LogP contribution in [0, 0.1) is 3.57 Å². The van der Waals surface area contributed by atoms with Gasteiger partial charge in [0, 0.05) is 14.8 Å². The predicted octanol–water partition coefficient (Wildman–Crippen LogP) is 4.11. The number of anilines is 2. The van der Waals surface area contributed by atoms with Crippen molar-refractivity contribution in [1.82, 2.24) is 0 Å². The first-order valence-electron chi connectivity index (χ1n) is 6.70. The molecule has 2 amide bonds. The molecule has 0 radical (unpaired) electrons. The minimum atomic E-state index is -0.515. The third kappa shape index (κ3) is 4.45. The van der Waals surface area contributed by atoms with Gasteiger partial charge in [-0.25, -0.2) is 4.79 Å². The Morgan fingerprint density at radius 2 is 1.73 bits per heavy atom. The van der Waals surface area contributed by atoms with Crippen molar-refractivity contribution in [3.05, 3.63) is 57.7 Å². The van der Waals surface area contributed by atoms with E-state index in [1.807, 2.05) is 24.3 Å². The van der Waals surface area contributed by atoms with Crippen molar-refractivity contribution >= 4 is 46.0 Å². The molecule has 0 unspecified atom stereocenters. The summed E-state index contributed by atoms with van der Waals surface area (Å²) in [6, 6.07) is 14.1. The first-order valence-corrected chi connectivity index (χ1v) is 7.77. The number of para-hydroxylation sites is 1. The Labute approximate surface area is 142 Å². The summed E-state index contributed by atoms with van der Waals surface area (Å²) in [6.07, 6.45) is -0.515. The largest absolute Gasteiger partial charge is 0.450 e. The zero-order valence-electron chi connectivity index (χ0n) is 11.9. The molecule has 2 aromatic carbocycles. The first-order chi connectivity index (χ1) is 10.6. The molecule has 0 aromatic heterocycles. The van der Waals surface area contributed by atoms with E-state index in [0.717, 1.165) is 9.26 Å². The van der Waals surface area contributed by atoms with E-state index in [0.29, 0.717) is 17.9 Å². The maximum atomic E-state index is 12.2. The number of carbonyl (C=O) groups is 2. The van der Waals surface area contributed by atoms with E-state index in [-0.39, 0.29) is 5.91 Å². The van der Waals surface area contributed by atoms with Crippen molar-refractivity contribution in [3.63, 3.8) is 0 Å². The van der Waals surface area contributed by atoms with Gasteiger partial charge in [-0.05, 0) is 65.9 Å². The van der Waals surface area contributed by atoms with E-state index in [1.165, 1.54) is 0 Å². The highest BCUT2D eigenvalue weighted by molar-refractivity contribution is 14.1. The van der Waals surface area contributed by atoms with Crippen LogP contribution >= 0.6 is 22.6 Å². The minimum absolute atomic E-state index is 0.202. The van der Waals surface area contributed by atoms with E-state index >= 15 is 0 Å². The van der Waals surface area contributed by atoms with E-state index in [4.69, 9.17) is 4.74 Å². The monoisotopic (exact) mass is 410 g/mol. The summed E-state index contributed by atoms with van der Waals surface area (Å²) in [5.41, 5.74) is 1.85. The average molecular weight is 410 g/mol. The Kier molecular flexibility index (Phi) is 5.76. The molecule has 5 nitrogen and oxygen atoms in total. The fourth-order valence-electron chi connectivity index (χ4n) is 1.75. The van der Waals surface area contributed by atoms with Crippen LogP contribution in [0.2, 0.25) is 0 Å². The predicted molar refractivity (Wildman–Crippen MR) is 94.2 cm³/mol. The molecule has 0 spiro atoms. The second kappa shape index (κ2) is 7.79. The molecule has 0 fully saturated rings. The summed E-state index contributed by atoms with van der Waals surface area (Å²) in [5, 5.41) is 5.42. The van der Waals surface area contributed by atoms with Crippen LogP contribution in [0.1, 0.15) is 17.3 Å². The Balaban J connectivity index is 2.02. The lowest BCUT2D eigenvalue weighted by Gasteiger charge is -2.08. The zero-order valence-corrected chi connectivity index (χ0v) is 14.1. The van der Waals surface area contributed by atoms with Crippen LogP contribution in [0.4, 0.5) is 16.2 Å². The van der Waals surface area contributed by atoms with Crippen LogP contribution in [0.25, 0.3) is 0 Å². The van der Waals surface area contributed by atoms with Crippen LogP contribution in [-0.2, 0) is 4.74 Å². The van der Waals surface area contributed by atoms with E-state index in [9.17, 15) is 9.59 Å². The number of ether oxygens (including phenoxy) is 1. The Morgan fingerprint density at radius 1 is 1.05 bits per heavy atom. The Bertz CT molecular complexity index is 671. The van der Waals surface area contributed by atoms with Crippen LogP contribution < -0.4 is 10.6 Å². The highest BCUT2D eigenvalue weighted by Crippen LogP contribution is 2.18. The third-order valence-electron chi connectivity index (χ3n) is 2.79. The fourth-order valence-corrected chi connectivity index (χ4v) is 2.27. The topological polar surface area (TPSA) is 67.4 Å². The Hall–Kier alpha value is -2.09. The molecule has 0 aliphatic heterocycles. The SMILES string of the molecule is CCOC(=O)Nc1ccc(C(=O)Nc2ccccc2I)cc1.